The van der Waals surface area contributed by atoms with Gasteiger partial charge in [0.2, 0.25) is 0 Å². The number of hydrogen-bond donors (Lipinski definition) is 1. The van der Waals surface area contributed by atoms with Gasteiger partial charge in [-0.15, -0.1) is 0 Å². The Morgan fingerprint density at radius 1 is 1.27 bits per heavy atom. The molecule has 82 valence electrons. The van der Waals surface area contributed by atoms with Crippen LogP contribution in [0.3, 0.4) is 0 Å². The van der Waals surface area contributed by atoms with Gasteiger partial charge in [-0.3, -0.25) is 0 Å². The molecule has 0 radical (unpaired) electrons. The largest absolute Gasteiger partial charge is 0.490 e. The second-order valence-corrected chi connectivity index (χ2v) is 4.37. The molecule has 0 saturated carbocycles. The lowest BCUT2D eigenvalue weighted by Crippen LogP contribution is -2.21. The summed E-state index contributed by atoms with van der Waals surface area (Å²) in [7, 11) is 0. The summed E-state index contributed by atoms with van der Waals surface area (Å²) in [6, 6.07) is 7.60. The number of para-hydroxylation sites is 1. The lowest BCUT2D eigenvalue weighted by Gasteiger charge is -2.19. The smallest absolute Gasteiger partial charge is 0.129 e. The Morgan fingerprint density at radius 2 is 1.87 bits per heavy atom. The molecule has 0 heterocycles. The van der Waals surface area contributed by atoms with Gasteiger partial charge in [0.15, 0.2) is 0 Å². The van der Waals surface area contributed by atoms with E-state index in [1.165, 1.54) is 0 Å². The minimum Gasteiger partial charge on any atom is -0.490 e. The highest BCUT2D eigenvalue weighted by Crippen LogP contribution is 2.21. The van der Waals surface area contributed by atoms with E-state index in [9.17, 15) is 0 Å². The van der Waals surface area contributed by atoms with Crippen molar-refractivity contribution in [3.8, 4) is 5.75 Å². The van der Waals surface area contributed by atoms with Crippen LogP contribution in [0.4, 0.5) is 0 Å². The van der Waals surface area contributed by atoms with Crippen LogP contribution in [0.2, 0.25) is 0 Å². The fourth-order valence-electron chi connectivity index (χ4n) is 1.11. The summed E-state index contributed by atoms with van der Waals surface area (Å²) in [5.74, 6) is 1.23. The molecule has 1 rings (SSSR count). The molecule has 0 spiro atoms. The second-order valence-electron chi connectivity index (χ2n) is 3.93. The summed E-state index contributed by atoms with van der Waals surface area (Å²) >= 11 is 4.97. The van der Waals surface area contributed by atoms with E-state index in [2.05, 4.69) is 13.8 Å². The molecule has 0 saturated heterocycles. The van der Waals surface area contributed by atoms with Crippen molar-refractivity contribution in [1.82, 2.24) is 0 Å². The maximum absolute atomic E-state index is 5.80. The van der Waals surface area contributed by atoms with Crippen molar-refractivity contribution in [3.63, 3.8) is 0 Å². The SMILES string of the molecule is CC(C)C(C)Oc1ccccc1C(N)=S. The molecule has 1 unspecified atom stereocenters. The third-order valence-electron chi connectivity index (χ3n) is 2.40. The standard InChI is InChI=1S/C12H17NOS/c1-8(2)9(3)14-11-7-5-4-6-10(11)12(13)15/h4-9H,1-3H3,(H2,13,15). The molecule has 0 aliphatic rings. The first-order chi connectivity index (χ1) is 7.02. The van der Waals surface area contributed by atoms with Gasteiger partial charge < -0.3 is 10.5 Å². The van der Waals surface area contributed by atoms with Gasteiger partial charge in [0.1, 0.15) is 10.7 Å². The molecule has 0 aliphatic heterocycles. The van der Waals surface area contributed by atoms with Crippen molar-refractivity contribution in [1.29, 1.82) is 0 Å². The highest BCUT2D eigenvalue weighted by atomic mass is 32.1. The highest BCUT2D eigenvalue weighted by molar-refractivity contribution is 7.80. The number of nitrogens with two attached hydrogens (primary N) is 1. The molecule has 0 aliphatic carbocycles. The summed E-state index contributed by atoms with van der Waals surface area (Å²) in [5, 5.41) is 0. The lowest BCUT2D eigenvalue weighted by molar-refractivity contribution is 0.170. The van der Waals surface area contributed by atoms with Crippen molar-refractivity contribution < 1.29 is 4.74 Å². The van der Waals surface area contributed by atoms with Crippen molar-refractivity contribution in [2.75, 3.05) is 0 Å². The molecule has 0 bridgehead atoms. The maximum Gasteiger partial charge on any atom is 0.129 e. The minimum absolute atomic E-state index is 0.153. The van der Waals surface area contributed by atoms with Crippen LogP contribution in [0.25, 0.3) is 0 Å². The van der Waals surface area contributed by atoms with Crippen molar-refractivity contribution in [2.24, 2.45) is 11.7 Å². The van der Waals surface area contributed by atoms with E-state index in [1.54, 1.807) is 0 Å². The van der Waals surface area contributed by atoms with Crippen LogP contribution in [-0.4, -0.2) is 11.1 Å². The van der Waals surface area contributed by atoms with E-state index in [1.807, 2.05) is 31.2 Å². The van der Waals surface area contributed by atoms with Gasteiger partial charge in [0.25, 0.3) is 0 Å². The van der Waals surface area contributed by atoms with Gasteiger partial charge >= 0.3 is 0 Å². The first kappa shape index (κ1) is 12.0. The van der Waals surface area contributed by atoms with Crippen molar-refractivity contribution >= 4 is 17.2 Å². The predicted molar refractivity (Wildman–Crippen MR) is 67.3 cm³/mol. The topological polar surface area (TPSA) is 35.2 Å². The minimum atomic E-state index is 0.153. The molecule has 1 aromatic carbocycles. The molecule has 1 aromatic rings. The highest BCUT2D eigenvalue weighted by Gasteiger charge is 2.12. The monoisotopic (exact) mass is 223 g/mol. The van der Waals surface area contributed by atoms with Crippen molar-refractivity contribution in [3.05, 3.63) is 29.8 Å². The maximum atomic E-state index is 5.80. The predicted octanol–water partition coefficient (Wildman–Crippen LogP) is 2.74. The van der Waals surface area contributed by atoms with Gasteiger partial charge in [0.05, 0.1) is 11.7 Å². The van der Waals surface area contributed by atoms with E-state index in [0.717, 1.165) is 11.3 Å². The number of thiocarbonyl (C=S) groups is 1. The van der Waals surface area contributed by atoms with E-state index in [-0.39, 0.29) is 6.10 Å². The Balaban J connectivity index is 2.89. The molecular formula is C12H17NOS. The third-order valence-corrected chi connectivity index (χ3v) is 2.62. The number of hydrogen-bond acceptors (Lipinski definition) is 2. The van der Waals surface area contributed by atoms with Crippen LogP contribution in [0.1, 0.15) is 26.3 Å². The number of ether oxygens (including phenoxy) is 1. The molecule has 2 N–H and O–H groups in total. The Kier molecular flexibility index (Phi) is 4.09. The zero-order valence-corrected chi connectivity index (χ0v) is 10.2. The van der Waals surface area contributed by atoms with Gasteiger partial charge in [-0.1, -0.05) is 38.2 Å². The van der Waals surface area contributed by atoms with E-state index < -0.39 is 0 Å². The molecule has 2 nitrogen and oxygen atoms in total. The Labute approximate surface area is 96.4 Å². The van der Waals surface area contributed by atoms with Crippen LogP contribution >= 0.6 is 12.2 Å². The van der Waals surface area contributed by atoms with Gasteiger partial charge in [-0.2, -0.15) is 0 Å². The summed E-state index contributed by atoms with van der Waals surface area (Å²) in [6.07, 6.45) is 0.153. The van der Waals surface area contributed by atoms with Gasteiger partial charge in [-0.25, -0.2) is 0 Å². The normalized spacial score (nSPS) is 12.5. The summed E-state index contributed by atoms with van der Waals surface area (Å²) < 4.78 is 5.80. The van der Waals surface area contributed by atoms with Crippen molar-refractivity contribution in [2.45, 2.75) is 26.9 Å². The molecule has 0 amide bonds. The molecule has 3 heteroatoms. The zero-order chi connectivity index (χ0) is 11.4. The fourth-order valence-corrected chi connectivity index (χ4v) is 1.28. The number of rotatable bonds is 4. The summed E-state index contributed by atoms with van der Waals surface area (Å²) in [5.41, 5.74) is 6.42. The Bertz CT molecular complexity index is 349. The molecule has 0 fully saturated rings. The van der Waals surface area contributed by atoms with E-state index >= 15 is 0 Å². The molecule has 1 atom stereocenters. The fraction of sp³-hybridized carbons (Fsp3) is 0.417. The zero-order valence-electron chi connectivity index (χ0n) is 9.36. The van der Waals surface area contributed by atoms with Gasteiger partial charge in [-0.05, 0) is 25.0 Å². The Morgan fingerprint density at radius 3 is 2.40 bits per heavy atom. The van der Waals surface area contributed by atoms with Crippen LogP contribution in [0, 0.1) is 5.92 Å². The second kappa shape index (κ2) is 5.12. The first-order valence-corrected chi connectivity index (χ1v) is 5.48. The summed E-state index contributed by atoms with van der Waals surface area (Å²) in [4.78, 5) is 0.376. The van der Waals surface area contributed by atoms with Gasteiger partial charge in [0, 0.05) is 0 Å². The summed E-state index contributed by atoms with van der Waals surface area (Å²) in [6.45, 7) is 6.28. The molecule has 15 heavy (non-hydrogen) atoms. The van der Waals surface area contributed by atoms with E-state index in [4.69, 9.17) is 22.7 Å². The quantitative estimate of drug-likeness (QED) is 0.797. The van der Waals surface area contributed by atoms with Crippen LogP contribution < -0.4 is 10.5 Å². The van der Waals surface area contributed by atoms with E-state index in [0.29, 0.717) is 10.9 Å². The van der Waals surface area contributed by atoms with Crippen LogP contribution in [0.15, 0.2) is 24.3 Å². The molecular weight excluding hydrogens is 206 g/mol. The Hall–Kier alpha value is -1.09. The third kappa shape index (κ3) is 3.20. The molecule has 0 aromatic heterocycles. The average molecular weight is 223 g/mol. The first-order valence-electron chi connectivity index (χ1n) is 5.08. The van der Waals surface area contributed by atoms with Crippen LogP contribution in [0.5, 0.6) is 5.75 Å². The lowest BCUT2D eigenvalue weighted by atomic mass is 10.1. The number of benzene rings is 1. The van der Waals surface area contributed by atoms with Crippen LogP contribution in [-0.2, 0) is 0 Å². The average Bonchev–Trinajstić information content (AvgIpc) is 2.18.